The number of halogens is 1. The van der Waals surface area contributed by atoms with Crippen LogP contribution in [0.3, 0.4) is 0 Å². The average Bonchev–Trinajstić information content (AvgIpc) is 2.98. The van der Waals surface area contributed by atoms with Crippen molar-refractivity contribution in [1.82, 2.24) is 20.5 Å². The first-order valence-electron chi connectivity index (χ1n) is 6.21. The maximum absolute atomic E-state index is 13.7. The Hall–Kier alpha value is -2.77. The fourth-order valence-electron chi connectivity index (χ4n) is 1.68. The SMILES string of the molecule is Cc1cccc(NC(=O)C(=O)NC(C)c2ncn[nH]2)c1F. The highest BCUT2D eigenvalue weighted by atomic mass is 19.1. The fourth-order valence-corrected chi connectivity index (χ4v) is 1.68. The van der Waals surface area contributed by atoms with Gasteiger partial charge in [-0.1, -0.05) is 12.1 Å². The van der Waals surface area contributed by atoms with Gasteiger partial charge in [0.2, 0.25) is 0 Å². The van der Waals surface area contributed by atoms with Crippen molar-refractivity contribution in [3.05, 3.63) is 41.7 Å². The Bertz CT molecular complexity index is 657. The van der Waals surface area contributed by atoms with Crippen LogP contribution in [0.5, 0.6) is 0 Å². The van der Waals surface area contributed by atoms with E-state index in [1.54, 1.807) is 26.0 Å². The molecule has 1 aromatic carbocycles. The van der Waals surface area contributed by atoms with Gasteiger partial charge in [0.25, 0.3) is 0 Å². The molecule has 0 radical (unpaired) electrons. The highest BCUT2D eigenvalue weighted by molar-refractivity contribution is 6.39. The predicted octanol–water partition coefficient (Wildman–Crippen LogP) is 1.07. The molecular weight excluding hydrogens is 277 g/mol. The number of aromatic nitrogens is 3. The van der Waals surface area contributed by atoms with Crippen LogP contribution in [-0.4, -0.2) is 27.0 Å². The molecule has 7 nitrogen and oxygen atoms in total. The summed E-state index contributed by atoms with van der Waals surface area (Å²) in [5.74, 6) is -1.99. The van der Waals surface area contributed by atoms with E-state index >= 15 is 0 Å². The quantitative estimate of drug-likeness (QED) is 0.736. The molecule has 2 amide bonds. The van der Waals surface area contributed by atoms with Crippen LogP contribution in [0.2, 0.25) is 0 Å². The van der Waals surface area contributed by atoms with Gasteiger partial charge in [-0.15, -0.1) is 0 Å². The summed E-state index contributed by atoms with van der Waals surface area (Å²) in [4.78, 5) is 27.4. The van der Waals surface area contributed by atoms with Gasteiger partial charge in [-0.3, -0.25) is 14.7 Å². The summed E-state index contributed by atoms with van der Waals surface area (Å²) >= 11 is 0. The second-order valence-electron chi connectivity index (χ2n) is 4.46. The van der Waals surface area contributed by atoms with Crippen molar-refractivity contribution in [2.45, 2.75) is 19.9 Å². The lowest BCUT2D eigenvalue weighted by molar-refractivity contribution is -0.136. The first kappa shape index (κ1) is 14.6. The Morgan fingerprint density at radius 2 is 2.10 bits per heavy atom. The molecule has 1 atom stereocenters. The number of benzene rings is 1. The summed E-state index contributed by atoms with van der Waals surface area (Å²) in [6.45, 7) is 3.20. The zero-order chi connectivity index (χ0) is 15.4. The fraction of sp³-hybridized carbons (Fsp3) is 0.231. The van der Waals surface area contributed by atoms with Crippen LogP contribution in [-0.2, 0) is 9.59 Å². The Balaban J connectivity index is 2.00. The van der Waals surface area contributed by atoms with E-state index < -0.39 is 23.7 Å². The number of H-pyrrole nitrogens is 1. The second kappa shape index (κ2) is 6.12. The smallest absolute Gasteiger partial charge is 0.313 e. The van der Waals surface area contributed by atoms with Crippen molar-refractivity contribution in [2.24, 2.45) is 0 Å². The number of hydrogen-bond donors (Lipinski definition) is 3. The molecule has 0 spiro atoms. The molecular formula is C13H14FN5O2. The van der Waals surface area contributed by atoms with E-state index in [0.29, 0.717) is 11.4 Å². The van der Waals surface area contributed by atoms with Crippen LogP contribution >= 0.6 is 0 Å². The van der Waals surface area contributed by atoms with Crippen LogP contribution in [0, 0.1) is 12.7 Å². The lowest BCUT2D eigenvalue weighted by atomic mass is 10.2. The van der Waals surface area contributed by atoms with Crippen LogP contribution in [0.1, 0.15) is 24.4 Å². The van der Waals surface area contributed by atoms with Crippen LogP contribution in [0.25, 0.3) is 0 Å². The zero-order valence-corrected chi connectivity index (χ0v) is 11.5. The molecule has 3 N–H and O–H groups in total. The van der Waals surface area contributed by atoms with Gasteiger partial charge in [-0.05, 0) is 25.5 Å². The number of hydrogen-bond acceptors (Lipinski definition) is 4. The first-order valence-corrected chi connectivity index (χ1v) is 6.21. The normalized spacial score (nSPS) is 11.8. The van der Waals surface area contributed by atoms with Crippen molar-refractivity contribution >= 4 is 17.5 Å². The first-order chi connectivity index (χ1) is 9.99. The lowest BCUT2D eigenvalue weighted by Gasteiger charge is -2.11. The van der Waals surface area contributed by atoms with Gasteiger partial charge < -0.3 is 10.6 Å². The highest BCUT2D eigenvalue weighted by Gasteiger charge is 2.19. The summed E-state index contributed by atoms with van der Waals surface area (Å²) in [6, 6.07) is 4.01. The van der Waals surface area contributed by atoms with Gasteiger partial charge in [0, 0.05) is 0 Å². The Labute approximate surface area is 120 Å². The maximum Gasteiger partial charge on any atom is 0.313 e. The number of aryl methyl sites for hydroxylation is 1. The van der Waals surface area contributed by atoms with E-state index in [9.17, 15) is 14.0 Å². The third-order valence-electron chi connectivity index (χ3n) is 2.84. The Morgan fingerprint density at radius 3 is 2.76 bits per heavy atom. The van der Waals surface area contributed by atoms with Gasteiger partial charge >= 0.3 is 11.8 Å². The summed E-state index contributed by atoms with van der Waals surface area (Å²) in [5, 5.41) is 10.9. The van der Waals surface area contributed by atoms with Gasteiger partial charge in [-0.25, -0.2) is 9.37 Å². The van der Waals surface area contributed by atoms with Gasteiger partial charge in [0.1, 0.15) is 18.0 Å². The molecule has 1 unspecified atom stereocenters. The van der Waals surface area contributed by atoms with E-state index in [1.165, 1.54) is 12.4 Å². The molecule has 0 fully saturated rings. The Morgan fingerprint density at radius 1 is 1.33 bits per heavy atom. The molecule has 0 saturated heterocycles. The number of rotatable bonds is 3. The summed E-state index contributed by atoms with van der Waals surface area (Å²) in [5.41, 5.74) is 0.339. The maximum atomic E-state index is 13.7. The van der Waals surface area contributed by atoms with E-state index in [0.717, 1.165) is 0 Å². The van der Waals surface area contributed by atoms with E-state index in [4.69, 9.17) is 0 Å². The number of nitrogens with one attached hydrogen (secondary N) is 3. The Kier molecular flexibility index (Phi) is 4.27. The van der Waals surface area contributed by atoms with Crippen LogP contribution < -0.4 is 10.6 Å². The van der Waals surface area contributed by atoms with Crippen molar-refractivity contribution in [3.63, 3.8) is 0 Å². The van der Waals surface area contributed by atoms with Gasteiger partial charge in [0.15, 0.2) is 0 Å². The summed E-state index contributed by atoms with van der Waals surface area (Å²) < 4.78 is 13.7. The third-order valence-corrected chi connectivity index (χ3v) is 2.84. The van der Waals surface area contributed by atoms with Crippen molar-refractivity contribution < 1.29 is 14.0 Å². The van der Waals surface area contributed by atoms with Crippen LogP contribution in [0.4, 0.5) is 10.1 Å². The summed E-state index contributed by atoms with van der Waals surface area (Å²) in [6.07, 6.45) is 1.29. The molecule has 21 heavy (non-hydrogen) atoms. The molecule has 1 aromatic heterocycles. The molecule has 2 aromatic rings. The van der Waals surface area contributed by atoms with E-state index in [2.05, 4.69) is 25.8 Å². The number of amides is 2. The highest BCUT2D eigenvalue weighted by Crippen LogP contribution is 2.16. The predicted molar refractivity (Wildman–Crippen MR) is 72.7 cm³/mol. The van der Waals surface area contributed by atoms with Crippen molar-refractivity contribution in [1.29, 1.82) is 0 Å². The molecule has 0 aliphatic rings. The van der Waals surface area contributed by atoms with Crippen molar-refractivity contribution in [2.75, 3.05) is 5.32 Å². The minimum absolute atomic E-state index is 0.0394. The van der Waals surface area contributed by atoms with Crippen molar-refractivity contribution in [3.8, 4) is 0 Å². The van der Waals surface area contributed by atoms with Gasteiger partial charge in [0.05, 0.1) is 11.7 Å². The molecule has 8 heteroatoms. The number of anilines is 1. The molecule has 2 rings (SSSR count). The number of nitrogens with zero attached hydrogens (tertiary/aromatic N) is 2. The number of aromatic amines is 1. The minimum atomic E-state index is -0.953. The van der Waals surface area contributed by atoms with E-state index in [1.807, 2.05) is 0 Å². The molecule has 1 heterocycles. The van der Waals surface area contributed by atoms with E-state index in [-0.39, 0.29) is 5.69 Å². The molecule has 110 valence electrons. The zero-order valence-electron chi connectivity index (χ0n) is 11.5. The largest absolute Gasteiger partial charge is 0.338 e. The summed E-state index contributed by atoms with van der Waals surface area (Å²) in [7, 11) is 0. The average molecular weight is 291 g/mol. The molecule has 0 saturated carbocycles. The number of carbonyl (C=O) groups is 2. The second-order valence-corrected chi connectivity index (χ2v) is 4.46. The molecule has 0 bridgehead atoms. The standard InChI is InChI=1S/C13H14FN5O2/c1-7-4-3-5-9(10(7)14)18-13(21)12(20)17-8(2)11-15-6-16-19-11/h3-6,8H,1-2H3,(H,17,20)(H,18,21)(H,15,16,19). The molecule has 0 aliphatic heterocycles. The van der Waals surface area contributed by atoms with Crippen LogP contribution in [0.15, 0.2) is 24.5 Å². The topological polar surface area (TPSA) is 99.8 Å². The van der Waals surface area contributed by atoms with Gasteiger partial charge in [-0.2, -0.15) is 5.10 Å². The number of carbonyl (C=O) groups excluding carboxylic acids is 2. The monoisotopic (exact) mass is 291 g/mol. The third kappa shape index (κ3) is 3.41. The lowest BCUT2D eigenvalue weighted by Crippen LogP contribution is -2.37. The molecule has 0 aliphatic carbocycles. The minimum Gasteiger partial charge on any atom is -0.338 e.